The van der Waals surface area contributed by atoms with Crippen LogP contribution in [0.3, 0.4) is 0 Å². The highest BCUT2D eigenvalue weighted by Gasteiger charge is 2.19. The Balaban J connectivity index is 1.84. The first-order valence-electron chi connectivity index (χ1n) is 7.82. The Morgan fingerprint density at radius 2 is 1.88 bits per heavy atom. The van der Waals surface area contributed by atoms with Crippen LogP contribution in [-0.2, 0) is 14.3 Å². The minimum Gasteiger partial charge on any atom is -0.495 e. The second kappa shape index (κ2) is 8.73. The highest BCUT2D eigenvalue weighted by molar-refractivity contribution is 5.96. The van der Waals surface area contributed by atoms with Crippen LogP contribution in [0.2, 0.25) is 0 Å². The van der Waals surface area contributed by atoms with Crippen molar-refractivity contribution in [1.29, 1.82) is 0 Å². The molecule has 0 unspecified atom stereocenters. The summed E-state index contributed by atoms with van der Waals surface area (Å²) in [5, 5.41) is 2.67. The van der Waals surface area contributed by atoms with Crippen molar-refractivity contribution in [1.82, 2.24) is 0 Å². The maximum Gasteiger partial charge on any atom is 0.344 e. The van der Waals surface area contributed by atoms with Gasteiger partial charge < -0.3 is 19.5 Å². The Kier molecular flexibility index (Phi) is 6.39. The fraction of sp³-hybridized carbons (Fsp3) is 0.263. The maximum atomic E-state index is 12.2. The molecule has 25 heavy (non-hydrogen) atoms. The summed E-state index contributed by atoms with van der Waals surface area (Å²) < 4.78 is 15.6. The van der Waals surface area contributed by atoms with Gasteiger partial charge in [-0.3, -0.25) is 4.79 Å². The number of carbonyl (C=O) groups excluding carboxylic acids is 2. The molecule has 0 fully saturated rings. The van der Waals surface area contributed by atoms with Crippen LogP contribution in [0.15, 0.2) is 48.5 Å². The minimum absolute atomic E-state index is 0.268. The van der Waals surface area contributed by atoms with Crippen molar-refractivity contribution in [2.75, 3.05) is 19.0 Å². The lowest BCUT2D eigenvalue weighted by molar-refractivity contribution is -0.155. The standard InChI is InChI=1S/C19H21NO5/c1-13-7-6-8-15(11-13)24-12-18(21)25-14(2)19(22)20-16-9-4-5-10-17(16)23-3/h4-11,14H,12H2,1-3H3,(H,20,22)/t14-/m1/s1. The number of ether oxygens (including phenoxy) is 3. The van der Waals surface area contributed by atoms with Crippen molar-refractivity contribution < 1.29 is 23.8 Å². The summed E-state index contributed by atoms with van der Waals surface area (Å²) in [4.78, 5) is 24.0. The van der Waals surface area contributed by atoms with E-state index in [1.807, 2.05) is 25.1 Å². The number of anilines is 1. The molecule has 1 amide bonds. The molecule has 6 heteroatoms. The number of aryl methyl sites for hydroxylation is 1. The fourth-order valence-corrected chi connectivity index (χ4v) is 2.11. The predicted octanol–water partition coefficient (Wildman–Crippen LogP) is 2.95. The van der Waals surface area contributed by atoms with Crippen LogP contribution in [0.4, 0.5) is 5.69 Å². The molecule has 0 spiro atoms. The summed E-state index contributed by atoms with van der Waals surface area (Å²) in [6.07, 6.45) is -0.960. The van der Waals surface area contributed by atoms with E-state index in [1.165, 1.54) is 14.0 Å². The van der Waals surface area contributed by atoms with E-state index in [0.29, 0.717) is 17.2 Å². The van der Waals surface area contributed by atoms with E-state index in [-0.39, 0.29) is 6.61 Å². The number of rotatable bonds is 7. The van der Waals surface area contributed by atoms with Gasteiger partial charge >= 0.3 is 5.97 Å². The molecule has 0 bridgehead atoms. The zero-order chi connectivity index (χ0) is 18.2. The molecule has 0 aromatic heterocycles. The Bertz CT molecular complexity index is 744. The van der Waals surface area contributed by atoms with E-state index in [1.54, 1.807) is 30.3 Å². The fourth-order valence-electron chi connectivity index (χ4n) is 2.11. The van der Waals surface area contributed by atoms with Crippen molar-refractivity contribution in [3.63, 3.8) is 0 Å². The molecule has 1 N–H and O–H groups in total. The first-order chi connectivity index (χ1) is 12.0. The van der Waals surface area contributed by atoms with Crippen LogP contribution >= 0.6 is 0 Å². The van der Waals surface area contributed by atoms with Gasteiger partial charge in [-0.05, 0) is 43.7 Å². The molecule has 2 aromatic rings. The lowest BCUT2D eigenvalue weighted by atomic mass is 10.2. The molecule has 1 atom stereocenters. The average molecular weight is 343 g/mol. The summed E-state index contributed by atoms with van der Waals surface area (Å²) in [6.45, 7) is 3.15. The van der Waals surface area contributed by atoms with Gasteiger partial charge in [0.25, 0.3) is 5.91 Å². The number of nitrogens with one attached hydrogen (secondary N) is 1. The molecular weight excluding hydrogens is 322 g/mol. The van der Waals surface area contributed by atoms with E-state index in [9.17, 15) is 9.59 Å². The molecule has 0 saturated carbocycles. The van der Waals surface area contributed by atoms with E-state index in [2.05, 4.69) is 5.32 Å². The normalized spacial score (nSPS) is 11.3. The molecule has 0 heterocycles. The SMILES string of the molecule is COc1ccccc1NC(=O)[C@@H](C)OC(=O)COc1cccc(C)c1. The van der Waals surface area contributed by atoms with Gasteiger partial charge in [-0.1, -0.05) is 24.3 Å². The van der Waals surface area contributed by atoms with Crippen molar-refractivity contribution in [2.45, 2.75) is 20.0 Å². The number of amides is 1. The third-order valence-electron chi connectivity index (χ3n) is 3.39. The van der Waals surface area contributed by atoms with Gasteiger partial charge in [-0.2, -0.15) is 0 Å². The number of carbonyl (C=O) groups is 2. The zero-order valence-electron chi connectivity index (χ0n) is 14.4. The molecule has 132 valence electrons. The number of methoxy groups -OCH3 is 1. The summed E-state index contributed by atoms with van der Waals surface area (Å²) in [5.74, 6) is 0.0258. The molecule has 0 aliphatic carbocycles. The van der Waals surface area contributed by atoms with Gasteiger partial charge in [0.15, 0.2) is 12.7 Å². The Labute approximate surface area is 146 Å². The zero-order valence-corrected chi connectivity index (χ0v) is 14.4. The van der Waals surface area contributed by atoms with Crippen molar-refractivity contribution >= 4 is 17.6 Å². The van der Waals surface area contributed by atoms with Gasteiger partial charge in [-0.15, -0.1) is 0 Å². The van der Waals surface area contributed by atoms with Gasteiger partial charge in [-0.25, -0.2) is 4.79 Å². The van der Waals surface area contributed by atoms with Crippen LogP contribution in [0, 0.1) is 6.92 Å². The van der Waals surface area contributed by atoms with Gasteiger partial charge in [0.05, 0.1) is 12.8 Å². The third kappa shape index (κ3) is 5.53. The lowest BCUT2D eigenvalue weighted by Crippen LogP contribution is -2.31. The molecule has 0 aliphatic heterocycles. The second-order valence-corrected chi connectivity index (χ2v) is 5.43. The van der Waals surface area contributed by atoms with E-state index in [4.69, 9.17) is 14.2 Å². The van der Waals surface area contributed by atoms with Crippen molar-refractivity contribution in [2.24, 2.45) is 0 Å². The Morgan fingerprint density at radius 3 is 2.60 bits per heavy atom. The maximum absolute atomic E-state index is 12.2. The summed E-state index contributed by atoms with van der Waals surface area (Å²) >= 11 is 0. The monoisotopic (exact) mass is 343 g/mol. The Morgan fingerprint density at radius 1 is 1.12 bits per heavy atom. The molecule has 2 aromatic carbocycles. The van der Waals surface area contributed by atoms with Crippen LogP contribution < -0.4 is 14.8 Å². The molecule has 0 aliphatic rings. The molecule has 0 saturated heterocycles. The summed E-state index contributed by atoms with van der Waals surface area (Å²) in [5.41, 5.74) is 1.53. The van der Waals surface area contributed by atoms with E-state index in [0.717, 1.165) is 5.56 Å². The predicted molar refractivity (Wildman–Crippen MR) is 93.9 cm³/mol. The number of benzene rings is 2. The summed E-state index contributed by atoms with van der Waals surface area (Å²) in [7, 11) is 1.51. The average Bonchev–Trinajstić information content (AvgIpc) is 2.60. The van der Waals surface area contributed by atoms with Crippen LogP contribution in [-0.4, -0.2) is 31.7 Å². The van der Waals surface area contributed by atoms with E-state index >= 15 is 0 Å². The topological polar surface area (TPSA) is 73.9 Å². The van der Waals surface area contributed by atoms with E-state index < -0.39 is 18.0 Å². The van der Waals surface area contributed by atoms with Gasteiger partial charge in [0, 0.05) is 0 Å². The number of hydrogen-bond acceptors (Lipinski definition) is 5. The van der Waals surface area contributed by atoms with Crippen molar-refractivity contribution in [3.05, 3.63) is 54.1 Å². The lowest BCUT2D eigenvalue weighted by Gasteiger charge is -2.15. The molecule has 6 nitrogen and oxygen atoms in total. The van der Waals surface area contributed by atoms with Crippen LogP contribution in [0.5, 0.6) is 11.5 Å². The highest BCUT2D eigenvalue weighted by atomic mass is 16.6. The molecule has 0 radical (unpaired) electrons. The smallest absolute Gasteiger partial charge is 0.344 e. The number of hydrogen-bond donors (Lipinski definition) is 1. The van der Waals surface area contributed by atoms with Crippen LogP contribution in [0.1, 0.15) is 12.5 Å². The van der Waals surface area contributed by atoms with Gasteiger partial charge in [0.1, 0.15) is 11.5 Å². The largest absolute Gasteiger partial charge is 0.495 e. The third-order valence-corrected chi connectivity index (χ3v) is 3.39. The number of esters is 1. The minimum atomic E-state index is -0.960. The number of para-hydroxylation sites is 2. The van der Waals surface area contributed by atoms with Crippen molar-refractivity contribution in [3.8, 4) is 11.5 Å². The quantitative estimate of drug-likeness (QED) is 0.783. The molecule has 2 rings (SSSR count). The second-order valence-electron chi connectivity index (χ2n) is 5.43. The molecular formula is C19H21NO5. The Hall–Kier alpha value is -3.02. The first kappa shape index (κ1) is 18.3. The highest BCUT2D eigenvalue weighted by Crippen LogP contribution is 2.23. The first-order valence-corrected chi connectivity index (χ1v) is 7.82. The summed E-state index contributed by atoms with van der Waals surface area (Å²) in [6, 6.07) is 14.3. The van der Waals surface area contributed by atoms with Gasteiger partial charge in [0.2, 0.25) is 0 Å². The van der Waals surface area contributed by atoms with Crippen LogP contribution in [0.25, 0.3) is 0 Å².